The Hall–Kier alpha value is -0.870. The molecule has 0 fully saturated rings. The lowest BCUT2D eigenvalue weighted by Crippen LogP contribution is -1.99. The normalized spacial score (nSPS) is 11.0. The number of fused-ring (bicyclic) bond motifs is 1. The van der Waals surface area contributed by atoms with Crippen LogP contribution < -0.4 is 0 Å². The van der Waals surface area contributed by atoms with Crippen molar-refractivity contribution in [2.45, 2.75) is 13.8 Å². The minimum atomic E-state index is -0.0565. The number of imidazole rings is 1. The smallest absolute Gasteiger partial charge is 0.195 e. The molecule has 0 saturated carbocycles. The highest BCUT2D eigenvalue weighted by atomic mass is 35.5. The van der Waals surface area contributed by atoms with Crippen LogP contribution in [0, 0.1) is 6.92 Å². The Morgan fingerprint density at radius 3 is 3.00 bits per heavy atom. The second-order valence-corrected chi connectivity index (χ2v) is 4.00. The number of aromatic nitrogens is 2. The maximum absolute atomic E-state index is 11.3. The fourth-order valence-electron chi connectivity index (χ4n) is 1.27. The Morgan fingerprint density at radius 2 is 2.38 bits per heavy atom. The summed E-state index contributed by atoms with van der Waals surface area (Å²) in [4.78, 5) is 16.1. The molecule has 2 aromatic rings. The minimum absolute atomic E-state index is 0.0565. The van der Waals surface area contributed by atoms with E-state index in [1.165, 1.54) is 18.3 Å². The van der Waals surface area contributed by atoms with Crippen LogP contribution >= 0.6 is 22.9 Å². The van der Waals surface area contributed by atoms with Gasteiger partial charge < -0.3 is 0 Å². The monoisotopic (exact) mass is 214 g/mol. The van der Waals surface area contributed by atoms with Gasteiger partial charge in [-0.25, -0.2) is 4.98 Å². The van der Waals surface area contributed by atoms with Crippen molar-refractivity contribution in [3.8, 4) is 0 Å². The SMILES string of the molecule is CC(=O)c1c(Cl)nc2scc(C)n12. The predicted octanol–water partition coefficient (Wildman–Crippen LogP) is 2.56. The van der Waals surface area contributed by atoms with E-state index in [0.717, 1.165) is 10.7 Å². The van der Waals surface area contributed by atoms with Crippen LogP contribution in [0.2, 0.25) is 5.15 Å². The van der Waals surface area contributed by atoms with Gasteiger partial charge >= 0.3 is 0 Å². The zero-order valence-electron chi connectivity index (χ0n) is 7.17. The van der Waals surface area contributed by atoms with Gasteiger partial charge in [-0.15, -0.1) is 11.3 Å². The Bertz CT molecular complexity index is 486. The number of rotatable bonds is 1. The average molecular weight is 215 g/mol. The van der Waals surface area contributed by atoms with Gasteiger partial charge in [-0.05, 0) is 6.92 Å². The number of Topliss-reactive ketones (excluding diaryl/α,β-unsaturated/α-hetero) is 1. The van der Waals surface area contributed by atoms with Gasteiger partial charge in [-0.1, -0.05) is 11.6 Å². The number of halogens is 1. The highest BCUT2D eigenvalue weighted by molar-refractivity contribution is 7.15. The quantitative estimate of drug-likeness (QED) is 0.684. The van der Waals surface area contributed by atoms with Crippen molar-refractivity contribution >= 4 is 33.7 Å². The molecule has 0 saturated heterocycles. The number of carbonyl (C=O) groups is 1. The average Bonchev–Trinajstić information content (AvgIpc) is 2.51. The molecule has 0 bridgehead atoms. The van der Waals surface area contributed by atoms with Gasteiger partial charge in [0.05, 0.1) is 0 Å². The second kappa shape index (κ2) is 2.82. The van der Waals surface area contributed by atoms with E-state index < -0.39 is 0 Å². The first-order valence-electron chi connectivity index (χ1n) is 3.74. The van der Waals surface area contributed by atoms with Crippen molar-refractivity contribution in [3.63, 3.8) is 0 Å². The maximum atomic E-state index is 11.3. The van der Waals surface area contributed by atoms with Crippen LogP contribution in [-0.2, 0) is 0 Å². The Labute approximate surface area is 84.0 Å². The highest BCUT2D eigenvalue weighted by Crippen LogP contribution is 2.24. The lowest BCUT2D eigenvalue weighted by Gasteiger charge is -1.95. The standard InChI is InChI=1S/C8H7ClN2OS/c1-4-3-13-8-10-7(9)6(5(2)12)11(4)8/h3H,1-2H3. The molecule has 2 aromatic heterocycles. The van der Waals surface area contributed by atoms with Gasteiger partial charge in [0, 0.05) is 18.0 Å². The molecular formula is C8H7ClN2OS. The van der Waals surface area contributed by atoms with Crippen molar-refractivity contribution < 1.29 is 4.79 Å². The molecule has 0 radical (unpaired) electrons. The molecule has 5 heteroatoms. The highest BCUT2D eigenvalue weighted by Gasteiger charge is 2.16. The molecule has 0 amide bonds. The molecule has 0 spiro atoms. The van der Waals surface area contributed by atoms with Crippen molar-refractivity contribution in [3.05, 3.63) is 21.9 Å². The van der Waals surface area contributed by atoms with Crippen LogP contribution in [0.15, 0.2) is 5.38 Å². The largest absolute Gasteiger partial charge is 0.293 e. The maximum Gasteiger partial charge on any atom is 0.195 e. The minimum Gasteiger partial charge on any atom is -0.293 e. The number of hydrogen-bond donors (Lipinski definition) is 0. The van der Waals surface area contributed by atoms with Crippen LogP contribution in [0.1, 0.15) is 23.1 Å². The molecule has 0 N–H and O–H groups in total. The zero-order chi connectivity index (χ0) is 9.59. The Balaban J connectivity index is 2.90. The first kappa shape index (κ1) is 8.72. The van der Waals surface area contributed by atoms with Gasteiger partial charge in [0.1, 0.15) is 5.69 Å². The van der Waals surface area contributed by atoms with E-state index in [9.17, 15) is 4.79 Å². The second-order valence-electron chi connectivity index (χ2n) is 2.80. The third-order valence-corrected chi connectivity index (χ3v) is 3.03. The summed E-state index contributed by atoms with van der Waals surface area (Å²) < 4.78 is 1.79. The van der Waals surface area contributed by atoms with Crippen LogP contribution in [0.3, 0.4) is 0 Å². The summed E-state index contributed by atoms with van der Waals surface area (Å²) in [6, 6.07) is 0. The summed E-state index contributed by atoms with van der Waals surface area (Å²) in [5.41, 5.74) is 1.47. The lowest BCUT2D eigenvalue weighted by atomic mass is 10.3. The first-order chi connectivity index (χ1) is 6.11. The van der Waals surface area contributed by atoms with Gasteiger partial charge in [-0.3, -0.25) is 9.20 Å². The molecule has 0 aliphatic carbocycles. The van der Waals surface area contributed by atoms with Gasteiger partial charge in [0.25, 0.3) is 0 Å². The Kier molecular flexibility index (Phi) is 1.89. The molecular weight excluding hydrogens is 208 g/mol. The van der Waals surface area contributed by atoms with E-state index in [0.29, 0.717) is 10.8 Å². The summed E-state index contributed by atoms with van der Waals surface area (Å²) in [5, 5.41) is 2.24. The molecule has 0 unspecified atom stereocenters. The predicted molar refractivity (Wildman–Crippen MR) is 52.8 cm³/mol. The molecule has 2 rings (SSSR count). The van der Waals surface area contributed by atoms with Crippen molar-refractivity contribution in [2.75, 3.05) is 0 Å². The summed E-state index contributed by atoms with van der Waals surface area (Å²) in [7, 11) is 0. The summed E-state index contributed by atoms with van der Waals surface area (Å²) in [5.74, 6) is -0.0565. The number of hydrogen-bond acceptors (Lipinski definition) is 3. The lowest BCUT2D eigenvalue weighted by molar-refractivity contribution is 0.101. The van der Waals surface area contributed by atoms with E-state index in [1.807, 2.05) is 12.3 Å². The van der Waals surface area contributed by atoms with Gasteiger partial charge in [-0.2, -0.15) is 0 Å². The topological polar surface area (TPSA) is 34.4 Å². The third kappa shape index (κ3) is 1.17. The molecule has 2 heterocycles. The van der Waals surface area contributed by atoms with E-state index >= 15 is 0 Å². The van der Waals surface area contributed by atoms with Crippen molar-refractivity contribution in [1.82, 2.24) is 9.38 Å². The molecule has 13 heavy (non-hydrogen) atoms. The van der Waals surface area contributed by atoms with Gasteiger partial charge in [0.15, 0.2) is 15.9 Å². The Morgan fingerprint density at radius 1 is 1.69 bits per heavy atom. The summed E-state index contributed by atoms with van der Waals surface area (Å²) in [6.45, 7) is 3.42. The van der Waals surface area contributed by atoms with Crippen molar-refractivity contribution in [1.29, 1.82) is 0 Å². The van der Waals surface area contributed by atoms with E-state index in [4.69, 9.17) is 11.6 Å². The van der Waals surface area contributed by atoms with E-state index in [2.05, 4.69) is 4.98 Å². The van der Waals surface area contributed by atoms with Crippen LogP contribution in [0.5, 0.6) is 0 Å². The summed E-state index contributed by atoms with van der Waals surface area (Å²) >= 11 is 7.31. The molecule has 0 atom stereocenters. The zero-order valence-corrected chi connectivity index (χ0v) is 8.74. The third-order valence-electron chi connectivity index (χ3n) is 1.83. The number of nitrogens with zero attached hydrogens (tertiary/aromatic N) is 2. The number of ketones is 1. The molecule has 68 valence electrons. The van der Waals surface area contributed by atoms with Crippen LogP contribution in [0.4, 0.5) is 0 Å². The molecule has 0 aromatic carbocycles. The van der Waals surface area contributed by atoms with E-state index in [-0.39, 0.29) is 5.78 Å². The fourth-order valence-corrected chi connectivity index (χ4v) is 2.49. The van der Waals surface area contributed by atoms with E-state index in [1.54, 1.807) is 4.40 Å². The molecule has 3 nitrogen and oxygen atoms in total. The van der Waals surface area contributed by atoms with Crippen LogP contribution in [0.25, 0.3) is 4.96 Å². The van der Waals surface area contributed by atoms with Crippen molar-refractivity contribution in [2.24, 2.45) is 0 Å². The fraction of sp³-hybridized carbons (Fsp3) is 0.250. The number of thiazole rings is 1. The first-order valence-corrected chi connectivity index (χ1v) is 5.00. The molecule has 0 aliphatic rings. The molecule has 0 aliphatic heterocycles. The number of aryl methyl sites for hydroxylation is 1. The summed E-state index contributed by atoms with van der Waals surface area (Å²) in [6.07, 6.45) is 0. The number of carbonyl (C=O) groups excluding carboxylic acids is 1. The van der Waals surface area contributed by atoms with Gasteiger partial charge in [0.2, 0.25) is 0 Å². The van der Waals surface area contributed by atoms with Crippen LogP contribution in [-0.4, -0.2) is 15.2 Å².